The molecule has 0 saturated carbocycles. The first-order valence-electron chi connectivity index (χ1n) is 5.99. The molecule has 0 fully saturated rings. The van der Waals surface area contributed by atoms with Gasteiger partial charge >= 0.3 is 0 Å². The van der Waals surface area contributed by atoms with Gasteiger partial charge in [0.25, 0.3) is 0 Å². The van der Waals surface area contributed by atoms with Crippen molar-refractivity contribution >= 4 is 10.9 Å². The zero-order valence-corrected chi connectivity index (χ0v) is 9.54. The van der Waals surface area contributed by atoms with Crippen LogP contribution in [0.15, 0.2) is 18.2 Å². The third-order valence-corrected chi connectivity index (χ3v) is 3.33. The average molecular weight is 231 g/mol. The number of nitrogens with zero attached hydrogens (tertiary/aromatic N) is 2. The standard InChI is InChI=1S/C13H14FN3/c14-9-5-6-10-11(8-9)16-12-4-2-1-3-7-17(12)13(10)15/h5-6,8,15H,1-4,7H2. The highest BCUT2D eigenvalue weighted by Crippen LogP contribution is 2.15. The van der Waals surface area contributed by atoms with Gasteiger partial charge in [0.05, 0.1) is 5.52 Å². The molecule has 3 rings (SSSR count). The van der Waals surface area contributed by atoms with E-state index in [2.05, 4.69) is 4.98 Å². The molecule has 2 aromatic rings. The molecule has 1 aliphatic rings. The van der Waals surface area contributed by atoms with E-state index in [1.807, 2.05) is 4.57 Å². The van der Waals surface area contributed by atoms with Crippen LogP contribution in [-0.2, 0) is 13.0 Å². The molecule has 88 valence electrons. The summed E-state index contributed by atoms with van der Waals surface area (Å²) < 4.78 is 15.1. The lowest BCUT2D eigenvalue weighted by Crippen LogP contribution is -2.24. The summed E-state index contributed by atoms with van der Waals surface area (Å²) in [7, 11) is 0. The molecule has 2 heterocycles. The van der Waals surface area contributed by atoms with Gasteiger partial charge in [0.1, 0.15) is 17.1 Å². The van der Waals surface area contributed by atoms with E-state index in [9.17, 15) is 4.39 Å². The van der Waals surface area contributed by atoms with Crippen molar-refractivity contribution in [3.05, 3.63) is 35.3 Å². The first-order valence-corrected chi connectivity index (χ1v) is 5.99. The van der Waals surface area contributed by atoms with Gasteiger partial charge in [-0.1, -0.05) is 6.42 Å². The summed E-state index contributed by atoms with van der Waals surface area (Å²) in [5.41, 5.74) is 1.06. The Labute approximate surface area is 98.4 Å². The minimum absolute atomic E-state index is 0.289. The number of halogens is 1. The number of hydrogen-bond acceptors (Lipinski definition) is 2. The molecule has 0 amide bonds. The lowest BCUT2D eigenvalue weighted by Gasteiger charge is -2.11. The second-order valence-corrected chi connectivity index (χ2v) is 4.50. The van der Waals surface area contributed by atoms with Crippen LogP contribution < -0.4 is 5.49 Å². The van der Waals surface area contributed by atoms with Gasteiger partial charge < -0.3 is 4.57 Å². The Morgan fingerprint density at radius 3 is 3.00 bits per heavy atom. The molecule has 0 atom stereocenters. The van der Waals surface area contributed by atoms with Crippen LogP contribution in [0.3, 0.4) is 0 Å². The number of hydrogen-bond donors (Lipinski definition) is 1. The Bertz CT molecular complexity index is 630. The first kappa shape index (κ1) is 10.4. The van der Waals surface area contributed by atoms with Gasteiger partial charge in [-0.3, -0.25) is 5.41 Å². The van der Waals surface area contributed by atoms with E-state index < -0.39 is 0 Å². The van der Waals surface area contributed by atoms with Gasteiger partial charge in [-0.15, -0.1) is 0 Å². The van der Waals surface area contributed by atoms with Crippen LogP contribution in [0.5, 0.6) is 0 Å². The number of fused-ring (bicyclic) bond motifs is 2. The molecular formula is C13H14FN3. The molecule has 0 radical (unpaired) electrons. The maximum atomic E-state index is 13.2. The zero-order chi connectivity index (χ0) is 11.8. The van der Waals surface area contributed by atoms with Crippen molar-refractivity contribution in [1.82, 2.24) is 9.55 Å². The molecule has 0 bridgehead atoms. The van der Waals surface area contributed by atoms with Gasteiger partial charge in [-0.05, 0) is 25.0 Å². The molecule has 1 aliphatic heterocycles. The molecule has 0 aliphatic carbocycles. The highest BCUT2D eigenvalue weighted by Gasteiger charge is 2.11. The summed E-state index contributed by atoms with van der Waals surface area (Å²) in [6, 6.07) is 4.46. The first-order chi connectivity index (χ1) is 8.25. The lowest BCUT2D eigenvalue weighted by molar-refractivity contribution is 0.601. The minimum atomic E-state index is -0.289. The van der Waals surface area contributed by atoms with Gasteiger partial charge in [0, 0.05) is 24.4 Å². The molecule has 1 N–H and O–H groups in total. The Morgan fingerprint density at radius 2 is 2.12 bits per heavy atom. The zero-order valence-electron chi connectivity index (χ0n) is 9.54. The molecular weight excluding hydrogens is 217 g/mol. The van der Waals surface area contributed by atoms with Crippen LogP contribution in [0.2, 0.25) is 0 Å². The fraction of sp³-hybridized carbons (Fsp3) is 0.385. The summed E-state index contributed by atoms with van der Waals surface area (Å²) in [5.74, 6) is 0.633. The SMILES string of the molecule is N=c1c2ccc(F)cc2nc2n1CCCCC2. The number of aromatic nitrogens is 2. The predicted molar refractivity (Wildman–Crippen MR) is 63.1 cm³/mol. The third-order valence-electron chi connectivity index (χ3n) is 3.33. The summed E-state index contributed by atoms with van der Waals surface area (Å²) in [4.78, 5) is 4.50. The van der Waals surface area contributed by atoms with Gasteiger partial charge in [0.15, 0.2) is 0 Å². The van der Waals surface area contributed by atoms with Crippen molar-refractivity contribution in [2.45, 2.75) is 32.2 Å². The second kappa shape index (κ2) is 3.95. The van der Waals surface area contributed by atoms with E-state index in [4.69, 9.17) is 5.41 Å². The Hall–Kier alpha value is -1.71. The van der Waals surface area contributed by atoms with E-state index in [-0.39, 0.29) is 5.82 Å². The van der Waals surface area contributed by atoms with Crippen LogP contribution in [0.4, 0.5) is 4.39 Å². The van der Waals surface area contributed by atoms with E-state index >= 15 is 0 Å². The molecule has 0 unspecified atom stereocenters. The fourth-order valence-corrected chi connectivity index (χ4v) is 2.43. The molecule has 17 heavy (non-hydrogen) atoms. The maximum absolute atomic E-state index is 13.2. The summed E-state index contributed by atoms with van der Waals surface area (Å²) in [6.07, 6.45) is 4.26. The highest BCUT2D eigenvalue weighted by molar-refractivity contribution is 5.77. The average Bonchev–Trinajstić information content (AvgIpc) is 2.54. The van der Waals surface area contributed by atoms with E-state index in [1.165, 1.54) is 18.6 Å². The molecule has 1 aromatic carbocycles. The second-order valence-electron chi connectivity index (χ2n) is 4.50. The Kier molecular flexibility index (Phi) is 2.42. The molecule has 0 spiro atoms. The highest BCUT2D eigenvalue weighted by atomic mass is 19.1. The lowest BCUT2D eigenvalue weighted by atomic mass is 10.2. The van der Waals surface area contributed by atoms with Crippen molar-refractivity contribution < 1.29 is 4.39 Å². The van der Waals surface area contributed by atoms with E-state index in [0.29, 0.717) is 11.0 Å². The monoisotopic (exact) mass is 231 g/mol. The van der Waals surface area contributed by atoms with Crippen LogP contribution in [0.25, 0.3) is 10.9 Å². The summed E-state index contributed by atoms with van der Waals surface area (Å²) >= 11 is 0. The molecule has 0 saturated heterocycles. The largest absolute Gasteiger partial charge is 0.314 e. The topological polar surface area (TPSA) is 41.7 Å². The normalized spacial score (nSPS) is 15.6. The Balaban J connectivity index is 2.33. The van der Waals surface area contributed by atoms with Crippen molar-refractivity contribution in [3.8, 4) is 0 Å². The third kappa shape index (κ3) is 1.73. The predicted octanol–water partition coefficient (Wildman–Crippen LogP) is 2.38. The van der Waals surface area contributed by atoms with Crippen LogP contribution in [0, 0.1) is 11.2 Å². The Morgan fingerprint density at radius 1 is 1.24 bits per heavy atom. The number of benzene rings is 1. The summed E-state index contributed by atoms with van der Waals surface area (Å²) in [5, 5.41) is 8.92. The van der Waals surface area contributed by atoms with Crippen molar-refractivity contribution in [2.24, 2.45) is 0 Å². The van der Waals surface area contributed by atoms with Crippen LogP contribution in [0.1, 0.15) is 25.1 Å². The van der Waals surface area contributed by atoms with Gasteiger partial charge in [-0.25, -0.2) is 9.37 Å². The number of aryl methyl sites for hydroxylation is 1. The minimum Gasteiger partial charge on any atom is -0.314 e. The summed E-state index contributed by atoms with van der Waals surface area (Å²) in [6.45, 7) is 0.856. The van der Waals surface area contributed by atoms with Crippen molar-refractivity contribution in [3.63, 3.8) is 0 Å². The number of rotatable bonds is 0. The maximum Gasteiger partial charge on any atom is 0.135 e. The fourth-order valence-electron chi connectivity index (χ4n) is 2.43. The van der Waals surface area contributed by atoms with Gasteiger partial charge in [-0.2, -0.15) is 0 Å². The van der Waals surface area contributed by atoms with E-state index in [1.54, 1.807) is 6.07 Å². The van der Waals surface area contributed by atoms with Crippen molar-refractivity contribution in [1.29, 1.82) is 5.41 Å². The van der Waals surface area contributed by atoms with Gasteiger partial charge in [0.2, 0.25) is 0 Å². The molecule has 1 aromatic heterocycles. The van der Waals surface area contributed by atoms with Crippen molar-refractivity contribution in [2.75, 3.05) is 0 Å². The van der Waals surface area contributed by atoms with Crippen LogP contribution >= 0.6 is 0 Å². The van der Waals surface area contributed by atoms with E-state index in [0.717, 1.165) is 37.0 Å². The quantitative estimate of drug-likeness (QED) is 0.743. The molecule has 3 nitrogen and oxygen atoms in total. The number of nitrogens with one attached hydrogen (secondary N) is 1. The smallest absolute Gasteiger partial charge is 0.135 e. The molecule has 4 heteroatoms. The van der Waals surface area contributed by atoms with Crippen LogP contribution in [-0.4, -0.2) is 9.55 Å².